The van der Waals surface area contributed by atoms with E-state index in [1.165, 1.54) is 6.20 Å². The number of anilines is 1. The third-order valence-electron chi connectivity index (χ3n) is 4.98. The van der Waals surface area contributed by atoms with E-state index in [4.69, 9.17) is 9.47 Å². The van der Waals surface area contributed by atoms with Crippen LogP contribution in [-0.4, -0.2) is 37.4 Å². The Morgan fingerprint density at radius 3 is 2.59 bits per heavy atom. The summed E-state index contributed by atoms with van der Waals surface area (Å²) in [5.41, 5.74) is 1.53. The standard InChI is InChI=1S/C21H26N2O5S/c1-15-7-9-18(19(13-15)27-2)28-21-10-8-16(14-22-21)23-20(24)11-12-29(25,26)17-5-3-4-6-17/h7-10,13-14,17H,3-6,11-12H2,1-2H3,(H,23,24). The lowest BCUT2D eigenvalue weighted by Crippen LogP contribution is -2.24. The molecule has 3 rings (SSSR count). The molecule has 0 unspecified atom stereocenters. The molecule has 1 aliphatic rings. The Hall–Kier alpha value is -2.61. The van der Waals surface area contributed by atoms with E-state index in [-0.39, 0.29) is 23.3 Å². The fourth-order valence-electron chi connectivity index (χ4n) is 3.36. The van der Waals surface area contributed by atoms with Crippen molar-refractivity contribution in [2.24, 2.45) is 0 Å². The van der Waals surface area contributed by atoms with Gasteiger partial charge in [-0.05, 0) is 43.5 Å². The number of carbonyl (C=O) groups excluding carboxylic acids is 1. The molecule has 0 spiro atoms. The van der Waals surface area contributed by atoms with E-state index in [1.54, 1.807) is 25.3 Å². The fourth-order valence-corrected chi connectivity index (χ4v) is 5.21. The number of hydrogen-bond donors (Lipinski definition) is 1. The van der Waals surface area contributed by atoms with Crippen LogP contribution in [0.1, 0.15) is 37.7 Å². The van der Waals surface area contributed by atoms with Gasteiger partial charge in [0.05, 0.1) is 30.0 Å². The minimum Gasteiger partial charge on any atom is -0.493 e. The summed E-state index contributed by atoms with van der Waals surface area (Å²) in [7, 11) is -1.64. The number of nitrogens with one attached hydrogen (secondary N) is 1. The summed E-state index contributed by atoms with van der Waals surface area (Å²) in [5, 5.41) is 2.40. The number of amides is 1. The summed E-state index contributed by atoms with van der Waals surface area (Å²) in [5.74, 6) is 1.04. The van der Waals surface area contributed by atoms with E-state index in [0.29, 0.717) is 35.9 Å². The Morgan fingerprint density at radius 2 is 1.93 bits per heavy atom. The van der Waals surface area contributed by atoms with Crippen molar-refractivity contribution in [2.75, 3.05) is 18.2 Å². The molecule has 1 fully saturated rings. The summed E-state index contributed by atoms with van der Waals surface area (Å²) >= 11 is 0. The number of rotatable bonds is 8. The van der Waals surface area contributed by atoms with Gasteiger partial charge in [0, 0.05) is 12.5 Å². The van der Waals surface area contributed by atoms with Gasteiger partial charge in [0.1, 0.15) is 0 Å². The van der Waals surface area contributed by atoms with Gasteiger partial charge in [0.25, 0.3) is 0 Å². The molecule has 8 heteroatoms. The molecule has 1 amide bonds. The van der Waals surface area contributed by atoms with Crippen LogP contribution in [0.15, 0.2) is 36.5 Å². The molecule has 0 saturated heterocycles. The molecule has 0 radical (unpaired) electrons. The Morgan fingerprint density at radius 1 is 1.17 bits per heavy atom. The lowest BCUT2D eigenvalue weighted by Gasteiger charge is -2.12. The van der Waals surface area contributed by atoms with Crippen molar-refractivity contribution in [2.45, 2.75) is 44.3 Å². The van der Waals surface area contributed by atoms with Crippen LogP contribution in [0.3, 0.4) is 0 Å². The van der Waals surface area contributed by atoms with Gasteiger partial charge in [-0.1, -0.05) is 18.9 Å². The average Bonchev–Trinajstić information content (AvgIpc) is 3.25. The van der Waals surface area contributed by atoms with Gasteiger partial charge in [0.2, 0.25) is 11.8 Å². The maximum Gasteiger partial charge on any atom is 0.225 e. The summed E-state index contributed by atoms with van der Waals surface area (Å²) in [6.07, 6.45) is 4.73. The lowest BCUT2D eigenvalue weighted by molar-refractivity contribution is -0.115. The highest BCUT2D eigenvalue weighted by molar-refractivity contribution is 7.92. The van der Waals surface area contributed by atoms with Crippen LogP contribution in [0, 0.1) is 6.92 Å². The molecule has 0 bridgehead atoms. The number of benzene rings is 1. The van der Waals surface area contributed by atoms with E-state index in [1.807, 2.05) is 19.1 Å². The second kappa shape index (κ2) is 9.26. The first kappa shape index (κ1) is 21.1. The molecular weight excluding hydrogens is 392 g/mol. The van der Waals surface area contributed by atoms with Crippen molar-refractivity contribution >= 4 is 21.4 Å². The number of sulfone groups is 1. The number of carbonyl (C=O) groups is 1. The van der Waals surface area contributed by atoms with Gasteiger partial charge in [-0.15, -0.1) is 0 Å². The third-order valence-corrected chi connectivity index (χ3v) is 7.24. The van der Waals surface area contributed by atoms with Gasteiger partial charge in [-0.2, -0.15) is 0 Å². The molecule has 1 aromatic heterocycles. The van der Waals surface area contributed by atoms with Gasteiger partial charge < -0.3 is 14.8 Å². The van der Waals surface area contributed by atoms with Gasteiger partial charge >= 0.3 is 0 Å². The lowest BCUT2D eigenvalue weighted by atomic mass is 10.2. The summed E-state index contributed by atoms with van der Waals surface area (Å²) < 4.78 is 35.6. The Kier molecular flexibility index (Phi) is 6.74. The van der Waals surface area contributed by atoms with Crippen LogP contribution in [0.4, 0.5) is 5.69 Å². The van der Waals surface area contributed by atoms with Crippen LogP contribution in [0.25, 0.3) is 0 Å². The monoisotopic (exact) mass is 418 g/mol. The molecule has 7 nitrogen and oxygen atoms in total. The predicted molar refractivity (Wildman–Crippen MR) is 111 cm³/mol. The first-order valence-corrected chi connectivity index (χ1v) is 11.4. The Labute approximate surface area is 171 Å². The van der Waals surface area contributed by atoms with Crippen molar-refractivity contribution in [3.05, 3.63) is 42.1 Å². The van der Waals surface area contributed by atoms with Crippen LogP contribution in [-0.2, 0) is 14.6 Å². The number of methoxy groups -OCH3 is 1. The molecule has 1 N–H and O–H groups in total. The first-order chi connectivity index (χ1) is 13.9. The highest BCUT2D eigenvalue weighted by Gasteiger charge is 2.28. The van der Waals surface area contributed by atoms with Gasteiger partial charge in [0.15, 0.2) is 21.3 Å². The molecule has 0 aliphatic heterocycles. The van der Waals surface area contributed by atoms with Crippen molar-refractivity contribution in [3.63, 3.8) is 0 Å². The summed E-state index contributed by atoms with van der Waals surface area (Å²) in [6, 6.07) is 8.86. The van der Waals surface area contributed by atoms with Crippen molar-refractivity contribution in [1.82, 2.24) is 4.98 Å². The van der Waals surface area contributed by atoms with E-state index >= 15 is 0 Å². The predicted octanol–water partition coefficient (Wildman–Crippen LogP) is 3.88. The topological polar surface area (TPSA) is 94.6 Å². The van der Waals surface area contributed by atoms with Gasteiger partial charge in [-0.3, -0.25) is 4.79 Å². The SMILES string of the molecule is COc1cc(C)ccc1Oc1ccc(NC(=O)CCS(=O)(=O)C2CCCC2)cn1. The van der Waals surface area contributed by atoms with Crippen LogP contribution >= 0.6 is 0 Å². The number of pyridine rings is 1. The Bertz CT molecular complexity index is 952. The molecule has 1 heterocycles. The third kappa shape index (κ3) is 5.69. The molecule has 2 aromatic rings. The molecule has 1 aromatic carbocycles. The van der Waals surface area contributed by atoms with Crippen LogP contribution in [0.2, 0.25) is 0 Å². The fraction of sp³-hybridized carbons (Fsp3) is 0.429. The Balaban J connectivity index is 1.54. The quantitative estimate of drug-likeness (QED) is 0.699. The molecule has 156 valence electrons. The molecule has 1 saturated carbocycles. The van der Waals surface area contributed by atoms with Gasteiger partial charge in [-0.25, -0.2) is 13.4 Å². The molecule has 29 heavy (non-hydrogen) atoms. The van der Waals surface area contributed by atoms with E-state index < -0.39 is 9.84 Å². The van der Waals surface area contributed by atoms with E-state index in [9.17, 15) is 13.2 Å². The van der Waals surface area contributed by atoms with Crippen LogP contribution < -0.4 is 14.8 Å². The second-order valence-electron chi connectivity index (χ2n) is 7.21. The average molecular weight is 419 g/mol. The molecular formula is C21H26N2O5S. The number of aryl methyl sites for hydroxylation is 1. The van der Waals surface area contributed by atoms with Crippen molar-refractivity contribution < 1.29 is 22.7 Å². The van der Waals surface area contributed by atoms with Crippen molar-refractivity contribution in [3.8, 4) is 17.4 Å². The first-order valence-electron chi connectivity index (χ1n) is 9.67. The maximum absolute atomic E-state index is 12.3. The highest BCUT2D eigenvalue weighted by atomic mass is 32.2. The number of aromatic nitrogens is 1. The summed E-state index contributed by atoms with van der Waals surface area (Å²) in [6.45, 7) is 1.96. The summed E-state index contributed by atoms with van der Waals surface area (Å²) in [4.78, 5) is 16.3. The zero-order valence-electron chi connectivity index (χ0n) is 16.7. The largest absolute Gasteiger partial charge is 0.493 e. The maximum atomic E-state index is 12.3. The zero-order valence-corrected chi connectivity index (χ0v) is 17.5. The number of hydrogen-bond acceptors (Lipinski definition) is 6. The zero-order chi connectivity index (χ0) is 20.9. The van der Waals surface area contributed by atoms with Crippen molar-refractivity contribution in [1.29, 1.82) is 0 Å². The normalized spacial score (nSPS) is 14.6. The molecule has 0 atom stereocenters. The minimum absolute atomic E-state index is 0.0579. The number of ether oxygens (including phenoxy) is 2. The number of nitrogens with zero attached hydrogens (tertiary/aromatic N) is 1. The highest BCUT2D eigenvalue weighted by Crippen LogP contribution is 2.31. The van der Waals surface area contributed by atoms with Crippen LogP contribution in [0.5, 0.6) is 17.4 Å². The smallest absolute Gasteiger partial charge is 0.225 e. The van der Waals surface area contributed by atoms with E-state index in [0.717, 1.165) is 18.4 Å². The minimum atomic E-state index is -3.21. The van der Waals surface area contributed by atoms with E-state index in [2.05, 4.69) is 10.3 Å². The second-order valence-corrected chi connectivity index (χ2v) is 9.61. The molecule has 1 aliphatic carbocycles.